The quantitative estimate of drug-likeness (QED) is 0.933. The van der Waals surface area contributed by atoms with Crippen molar-refractivity contribution < 1.29 is 9.90 Å². The predicted molar refractivity (Wildman–Crippen MR) is 85.0 cm³/mol. The first-order chi connectivity index (χ1) is 10.2. The fraction of sp³-hybridized carbons (Fsp3) is 0.353. The molecule has 0 amide bonds. The molecule has 0 bridgehead atoms. The van der Waals surface area contributed by atoms with Crippen LogP contribution in [0.5, 0.6) is 0 Å². The predicted octanol–water partition coefficient (Wildman–Crippen LogP) is 3.83. The van der Waals surface area contributed by atoms with Crippen LogP contribution < -0.4 is 0 Å². The Morgan fingerprint density at radius 2 is 2.10 bits per heavy atom. The summed E-state index contributed by atoms with van der Waals surface area (Å²) in [6.45, 7) is 3.01. The molecule has 3 rings (SSSR count). The summed E-state index contributed by atoms with van der Waals surface area (Å²) in [6, 6.07) is 9.51. The van der Waals surface area contributed by atoms with Crippen molar-refractivity contribution in [1.29, 1.82) is 0 Å². The summed E-state index contributed by atoms with van der Waals surface area (Å²) < 4.78 is 0. The van der Waals surface area contributed by atoms with Crippen LogP contribution in [0.3, 0.4) is 0 Å². The van der Waals surface area contributed by atoms with Gasteiger partial charge in [-0.3, -0.25) is 4.90 Å². The number of nitrogens with zero attached hydrogens (tertiary/aromatic N) is 1. The molecule has 1 fully saturated rings. The van der Waals surface area contributed by atoms with Gasteiger partial charge in [-0.15, -0.1) is 0 Å². The van der Waals surface area contributed by atoms with Gasteiger partial charge >= 0.3 is 5.97 Å². The number of carboxylic acids is 1. The molecular weight excluding hydrogens is 282 g/mol. The van der Waals surface area contributed by atoms with Crippen molar-refractivity contribution in [3.8, 4) is 0 Å². The van der Waals surface area contributed by atoms with E-state index in [1.54, 1.807) is 23.5 Å². The molecule has 110 valence electrons. The van der Waals surface area contributed by atoms with E-state index in [2.05, 4.69) is 21.7 Å². The van der Waals surface area contributed by atoms with Gasteiger partial charge in [0.15, 0.2) is 0 Å². The highest BCUT2D eigenvalue weighted by molar-refractivity contribution is 7.07. The molecule has 4 heteroatoms. The lowest BCUT2D eigenvalue weighted by Gasteiger charge is -2.31. The second kappa shape index (κ2) is 6.41. The average Bonchev–Trinajstić information content (AvgIpc) is 3.02. The molecular formula is C17H19NO2S. The standard InChI is InChI=1S/C17H19NO2S/c19-17(20)15-3-1-2-13(10-15)11-18-7-4-14(5-8-18)16-6-9-21-12-16/h1-3,6,9-10,12,14H,4-5,7-8,11H2,(H,19,20). The number of thiophene rings is 1. The minimum Gasteiger partial charge on any atom is -0.478 e. The Kier molecular flexibility index (Phi) is 4.36. The maximum absolute atomic E-state index is 11.0. The van der Waals surface area contributed by atoms with Crippen LogP contribution in [0.2, 0.25) is 0 Å². The van der Waals surface area contributed by atoms with E-state index in [4.69, 9.17) is 5.11 Å². The third-order valence-corrected chi connectivity index (χ3v) is 4.88. The van der Waals surface area contributed by atoms with Crippen molar-refractivity contribution in [3.63, 3.8) is 0 Å². The summed E-state index contributed by atoms with van der Waals surface area (Å²) in [5.74, 6) is -0.161. The van der Waals surface area contributed by atoms with Crippen LogP contribution in [0.4, 0.5) is 0 Å². The maximum Gasteiger partial charge on any atom is 0.335 e. The lowest BCUT2D eigenvalue weighted by Crippen LogP contribution is -2.32. The normalized spacial score (nSPS) is 17.0. The summed E-state index contributed by atoms with van der Waals surface area (Å²) in [5.41, 5.74) is 2.94. The Hall–Kier alpha value is -1.65. The van der Waals surface area contributed by atoms with Crippen molar-refractivity contribution in [3.05, 3.63) is 57.8 Å². The van der Waals surface area contributed by atoms with Crippen LogP contribution in [0.25, 0.3) is 0 Å². The van der Waals surface area contributed by atoms with E-state index < -0.39 is 5.97 Å². The fourth-order valence-electron chi connectivity index (χ4n) is 2.99. The Morgan fingerprint density at radius 1 is 1.29 bits per heavy atom. The van der Waals surface area contributed by atoms with Gasteiger partial charge in [0.2, 0.25) is 0 Å². The highest BCUT2D eigenvalue weighted by Gasteiger charge is 2.20. The molecule has 1 aromatic heterocycles. The van der Waals surface area contributed by atoms with Crippen molar-refractivity contribution >= 4 is 17.3 Å². The van der Waals surface area contributed by atoms with Crippen LogP contribution >= 0.6 is 11.3 Å². The molecule has 0 aliphatic carbocycles. The Bertz CT molecular complexity index is 601. The zero-order valence-electron chi connectivity index (χ0n) is 11.9. The minimum atomic E-state index is -0.854. The molecule has 1 aliphatic heterocycles. The summed E-state index contributed by atoms with van der Waals surface area (Å²) in [4.78, 5) is 13.4. The third-order valence-electron chi connectivity index (χ3n) is 4.18. The summed E-state index contributed by atoms with van der Waals surface area (Å²) in [5, 5.41) is 13.5. The van der Waals surface area contributed by atoms with Gasteiger partial charge in [-0.1, -0.05) is 12.1 Å². The van der Waals surface area contributed by atoms with Crippen molar-refractivity contribution in [2.45, 2.75) is 25.3 Å². The number of benzene rings is 1. The first-order valence-corrected chi connectivity index (χ1v) is 8.23. The summed E-state index contributed by atoms with van der Waals surface area (Å²) in [6.07, 6.45) is 2.38. The molecule has 2 heterocycles. The molecule has 2 aromatic rings. The number of piperidine rings is 1. The topological polar surface area (TPSA) is 40.5 Å². The lowest BCUT2D eigenvalue weighted by molar-refractivity contribution is 0.0696. The number of carboxylic acid groups (broad SMARTS) is 1. The fourth-order valence-corrected chi connectivity index (χ4v) is 3.74. The van der Waals surface area contributed by atoms with E-state index in [0.29, 0.717) is 11.5 Å². The second-order valence-corrected chi connectivity index (χ2v) is 6.39. The van der Waals surface area contributed by atoms with Gasteiger partial charge in [-0.2, -0.15) is 11.3 Å². The highest BCUT2D eigenvalue weighted by Crippen LogP contribution is 2.29. The van der Waals surface area contributed by atoms with E-state index in [1.165, 1.54) is 18.4 Å². The Balaban J connectivity index is 1.58. The lowest BCUT2D eigenvalue weighted by atomic mass is 9.91. The molecule has 0 saturated carbocycles. The van der Waals surface area contributed by atoms with Gasteiger partial charge in [0, 0.05) is 6.54 Å². The van der Waals surface area contributed by atoms with E-state index in [9.17, 15) is 4.79 Å². The van der Waals surface area contributed by atoms with Gasteiger partial charge in [0.25, 0.3) is 0 Å². The van der Waals surface area contributed by atoms with E-state index >= 15 is 0 Å². The zero-order chi connectivity index (χ0) is 14.7. The molecule has 0 spiro atoms. The number of hydrogen-bond donors (Lipinski definition) is 1. The summed E-state index contributed by atoms with van der Waals surface area (Å²) in [7, 11) is 0. The van der Waals surface area contributed by atoms with Crippen LogP contribution in [0.1, 0.15) is 40.2 Å². The van der Waals surface area contributed by atoms with Crippen molar-refractivity contribution in [2.24, 2.45) is 0 Å². The molecule has 1 N–H and O–H groups in total. The Morgan fingerprint density at radius 3 is 2.76 bits per heavy atom. The van der Waals surface area contributed by atoms with E-state index in [-0.39, 0.29) is 0 Å². The number of hydrogen-bond acceptors (Lipinski definition) is 3. The second-order valence-electron chi connectivity index (χ2n) is 5.61. The van der Waals surface area contributed by atoms with Gasteiger partial charge in [-0.25, -0.2) is 4.79 Å². The first kappa shape index (κ1) is 14.3. The van der Waals surface area contributed by atoms with Crippen LogP contribution in [0, 0.1) is 0 Å². The smallest absolute Gasteiger partial charge is 0.335 e. The molecule has 3 nitrogen and oxygen atoms in total. The minimum absolute atomic E-state index is 0.376. The van der Waals surface area contributed by atoms with Crippen LogP contribution in [-0.2, 0) is 6.54 Å². The molecule has 0 unspecified atom stereocenters. The average molecular weight is 301 g/mol. The molecule has 1 aliphatic rings. The Labute approximate surface area is 128 Å². The van der Waals surface area contributed by atoms with E-state index in [1.807, 2.05) is 12.1 Å². The van der Waals surface area contributed by atoms with Gasteiger partial charge in [-0.05, 0) is 71.9 Å². The molecule has 0 radical (unpaired) electrons. The molecule has 21 heavy (non-hydrogen) atoms. The van der Waals surface area contributed by atoms with Crippen molar-refractivity contribution in [1.82, 2.24) is 4.90 Å². The molecule has 0 atom stereocenters. The summed E-state index contributed by atoms with van der Waals surface area (Å²) >= 11 is 1.77. The molecule has 1 saturated heterocycles. The van der Waals surface area contributed by atoms with Gasteiger partial charge < -0.3 is 5.11 Å². The van der Waals surface area contributed by atoms with Crippen LogP contribution in [0.15, 0.2) is 41.1 Å². The van der Waals surface area contributed by atoms with Gasteiger partial charge in [0.1, 0.15) is 0 Å². The van der Waals surface area contributed by atoms with Gasteiger partial charge in [0.05, 0.1) is 5.56 Å². The monoisotopic (exact) mass is 301 g/mol. The highest BCUT2D eigenvalue weighted by atomic mass is 32.1. The zero-order valence-corrected chi connectivity index (χ0v) is 12.7. The third kappa shape index (κ3) is 3.52. The molecule has 1 aromatic carbocycles. The number of carbonyl (C=O) groups is 1. The van der Waals surface area contributed by atoms with Crippen molar-refractivity contribution in [2.75, 3.05) is 13.1 Å². The number of likely N-dealkylation sites (tertiary alicyclic amines) is 1. The number of rotatable bonds is 4. The van der Waals surface area contributed by atoms with E-state index in [0.717, 1.165) is 25.2 Å². The first-order valence-electron chi connectivity index (χ1n) is 7.29. The SMILES string of the molecule is O=C(O)c1cccc(CN2CCC(c3ccsc3)CC2)c1. The van der Waals surface area contributed by atoms with Crippen LogP contribution in [-0.4, -0.2) is 29.1 Å². The maximum atomic E-state index is 11.0. The largest absolute Gasteiger partial charge is 0.478 e. The number of aromatic carboxylic acids is 1.